The number of rotatable bonds is 4. The van der Waals surface area contributed by atoms with E-state index in [1.165, 1.54) is 108 Å². The van der Waals surface area contributed by atoms with Gasteiger partial charge < -0.3 is 9.13 Å². The Morgan fingerprint density at radius 2 is 1.25 bits per heavy atom. The predicted molar refractivity (Wildman–Crippen MR) is 228 cm³/mol. The van der Waals surface area contributed by atoms with Crippen molar-refractivity contribution in [2.24, 2.45) is 0 Å². The summed E-state index contributed by atoms with van der Waals surface area (Å²) in [4.78, 5) is 0. The molecule has 11 rings (SSSR count). The van der Waals surface area contributed by atoms with Crippen LogP contribution in [-0.4, -0.2) is 9.13 Å². The number of benzene rings is 7. The Kier molecular flexibility index (Phi) is 6.71. The molecule has 3 heteroatoms. The number of aromatic nitrogens is 2. The van der Waals surface area contributed by atoms with E-state index in [1.54, 1.807) is 0 Å². The molecule has 10 aromatic rings. The van der Waals surface area contributed by atoms with Gasteiger partial charge in [-0.05, 0) is 120 Å². The van der Waals surface area contributed by atoms with Gasteiger partial charge in [0, 0.05) is 47.5 Å². The Morgan fingerprint density at radius 3 is 2.11 bits per heavy atom. The lowest BCUT2D eigenvalue weighted by molar-refractivity contribution is 1.13. The second-order valence-electron chi connectivity index (χ2n) is 14.5. The SMILES string of the molecule is Cc1ccc(-c2ccc3sc4c(c3c2)=CCCC=4)cc1-c1cccc(-n2c3ccccc3c3ccc4c(c5ccccc5n4-c4ccccc4)c32)c1C. The third kappa shape index (κ3) is 4.51. The first-order valence-electron chi connectivity index (χ1n) is 18.6. The van der Waals surface area contributed by atoms with Gasteiger partial charge in [0.25, 0.3) is 0 Å². The first-order chi connectivity index (χ1) is 26.1. The number of hydrogen-bond acceptors (Lipinski definition) is 1. The summed E-state index contributed by atoms with van der Waals surface area (Å²) in [6.07, 6.45) is 7.10. The molecule has 0 saturated heterocycles. The molecule has 3 heterocycles. The summed E-state index contributed by atoms with van der Waals surface area (Å²) in [6, 6.07) is 54.1. The van der Waals surface area contributed by atoms with Crippen molar-refractivity contribution in [3.63, 3.8) is 0 Å². The Balaban J connectivity index is 1.16. The van der Waals surface area contributed by atoms with E-state index in [0.717, 1.165) is 12.8 Å². The Bertz CT molecular complexity index is 3240. The monoisotopic (exact) mass is 696 g/mol. The average Bonchev–Trinajstić information content (AvgIpc) is 3.86. The Morgan fingerprint density at radius 1 is 0.509 bits per heavy atom. The van der Waals surface area contributed by atoms with Crippen LogP contribution in [0.25, 0.3) is 99.5 Å². The standard InChI is InChI=1S/C50H36N2S/c1-31-23-24-33(34-25-28-48-42(30-34)38-16-8-11-22-47(38)53-48)29-41(31)36-18-12-21-43(32(36)2)52-44-19-9-6-15-37(44)39-26-27-46-49(50(39)52)40-17-7-10-20-45(40)51(46)35-13-4-3-5-14-35/h3-7,9-10,12-30H,8,11H2,1-2H3. The van der Waals surface area contributed by atoms with Crippen LogP contribution in [0.2, 0.25) is 0 Å². The minimum atomic E-state index is 1.12. The summed E-state index contributed by atoms with van der Waals surface area (Å²) >= 11 is 1.92. The molecule has 1 aliphatic carbocycles. The first kappa shape index (κ1) is 30.5. The number of para-hydroxylation sites is 3. The van der Waals surface area contributed by atoms with E-state index in [4.69, 9.17) is 0 Å². The van der Waals surface area contributed by atoms with E-state index in [9.17, 15) is 0 Å². The van der Waals surface area contributed by atoms with Crippen LogP contribution < -0.4 is 9.75 Å². The van der Waals surface area contributed by atoms with Crippen LogP contribution in [0.3, 0.4) is 0 Å². The van der Waals surface area contributed by atoms with Gasteiger partial charge in [-0.2, -0.15) is 0 Å². The third-order valence-corrected chi connectivity index (χ3v) is 12.7. The molecule has 0 N–H and O–H groups in total. The van der Waals surface area contributed by atoms with Gasteiger partial charge >= 0.3 is 0 Å². The first-order valence-corrected chi connectivity index (χ1v) is 19.4. The van der Waals surface area contributed by atoms with Crippen LogP contribution >= 0.6 is 11.3 Å². The van der Waals surface area contributed by atoms with Crippen LogP contribution in [0.4, 0.5) is 0 Å². The van der Waals surface area contributed by atoms with Crippen molar-refractivity contribution in [2.75, 3.05) is 0 Å². The summed E-state index contributed by atoms with van der Waals surface area (Å²) in [6.45, 7) is 4.55. The largest absolute Gasteiger partial charge is 0.309 e. The van der Waals surface area contributed by atoms with Gasteiger partial charge in [-0.3, -0.25) is 0 Å². The lowest BCUT2D eigenvalue weighted by atomic mass is 9.92. The van der Waals surface area contributed by atoms with Crippen LogP contribution in [0.5, 0.6) is 0 Å². The minimum Gasteiger partial charge on any atom is -0.309 e. The van der Waals surface area contributed by atoms with E-state index in [1.807, 2.05) is 11.3 Å². The highest BCUT2D eigenvalue weighted by molar-refractivity contribution is 7.17. The third-order valence-electron chi connectivity index (χ3n) is 11.5. The molecule has 0 spiro atoms. The van der Waals surface area contributed by atoms with E-state index in [-0.39, 0.29) is 0 Å². The summed E-state index contributed by atoms with van der Waals surface area (Å²) in [7, 11) is 0. The number of fused-ring (bicyclic) bond motifs is 10. The summed E-state index contributed by atoms with van der Waals surface area (Å²) in [5.41, 5.74) is 14.9. The number of nitrogens with zero attached hydrogens (tertiary/aromatic N) is 2. The van der Waals surface area contributed by atoms with Gasteiger partial charge in [-0.25, -0.2) is 0 Å². The molecule has 7 aromatic carbocycles. The maximum Gasteiger partial charge on any atom is 0.0641 e. The molecule has 0 amide bonds. The van der Waals surface area contributed by atoms with Crippen LogP contribution in [0.15, 0.2) is 146 Å². The van der Waals surface area contributed by atoms with Crippen molar-refractivity contribution >= 4 is 77.2 Å². The fourth-order valence-electron chi connectivity index (χ4n) is 8.98. The maximum absolute atomic E-state index is 2.54. The van der Waals surface area contributed by atoms with Crippen molar-refractivity contribution in [1.29, 1.82) is 0 Å². The molecule has 0 radical (unpaired) electrons. The van der Waals surface area contributed by atoms with E-state index >= 15 is 0 Å². The van der Waals surface area contributed by atoms with Crippen LogP contribution in [0.1, 0.15) is 24.0 Å². The molecule has 0 aliphatic heterocycles. The van der Waals surface area contributed by atoms with Gasteiger partial charge in [0.1, 0.15) is 0 Å². The molecule has 0 atom stereocenters. The van der Waals surface area contributed by atoms with Crippen LogP contribution in [0, 0.1) is 13.8 Å². The normalized spacial score (nSPS) is 12.9. The molecular formula is C50H36N2S. The molecule has 53 heavy (non-hydrogen) atoms. The van der Waals surface area contributed by atoms with Gasteiger partial charge in [-0.1, -0.05) is 103 Å². The fourth-order valence-corrected chi connectivity index (χ4v) is 10.1. The molecule has 252 valence electrons. The molecular weight excluding hydrogens is 661 g/mol. The molecule has 0 bridgehead atoms. The summed E-state index contributed by atoms with van der Waals surface area (Å²) < 4.78 is 7.75. The lowest BCUT2D eigenvalue weighted by Crippen LogP contribution is -2.20. The molecule has 2 nitrogen and oxygen atoms in total. The highest BCUT2D eigenvalue weighted by Crippen LogP contribution is 2.43. The van der Waals surface area contributed by atoms with Gasteiger partial charge in [0.15, 0.2) is 0 Å². The average molecular weight is 697 g/mol. The zero-order chi connectivity index (χ0) is 35.2. The van der Waals surface area contributed by atoms with Crippen LogP contribution in [-0.2, 0) is 0 Å². The van der Waals surface area contributed by atoms with Crippen molar-refractivity contribution < 1.29 is 0 Å². The van der Waals surface area contributed by atoms with Gasteiger partial charge in [0.2, 0.25) is 0 Å². The lowest BCUT2D eigenvalue weighted by Gasteiger charge is -2.18. The van der Waals surface area contributed by atoms with Gasteiger partial charge in [-0.15, -0.1) is 11.3 Å². The topological polar surface area (TPSA) is 9.86 Å². The quantitative estimate of drug-likeness (QED) is 0.173. The second kappa shape index (κ2) is 11.7. The van der Waals surface area contributed by atoms with Crippen molar-refractivity contribution in [1.82, 2.24) is 9.13 Å². The molecule has 0 saturated carbocycles. The Hall–Kier alpha value is -6.16. The smallest absolute Gasteiger partial charge is 0.0641 e. The zero-order valence-corrected chi connectivity index (χ0v) is 30.5. The molecule has 0 unspecified atom stereocenters. The second-order valence-corrected chi connectivity index (χ2v) is 15.5. The highest BCUT2D eigenvalue weighted by atomic mass is 32.1. The highest BCUT2D eigenvalue weighted by Gasteiger charge is 2.22. The Labute approximate surface area is 311 Å². The number of thiophene rings is 1. The predicted octanol–water partition coefficient (Wildman–Crippen LogP) is 12.4. The summed E-state index contributed by atoms with van der Waals surface area (Å²) in [5, 5.41) is 7.88. The molecule has 1 aliphatic rings. The fraction of sp³-hybridized carbons (Fsp3) is 0.0800. The van der Waals surface area contributed by atoms with E-state index in [2.05, 4.69) is 181 Å². The van der Waals surface area contributed by atoms with E-state index < -0.39 is 0 Å². The van der Waals surface area contributed by atoms with Crippen molar-refractivity contribution in [3.05, 3.63) is 166 Å². The maximum atomic E-state index is 2.54. The number of hydrogen-bond donors (Lipinski definition) is 0. The molecule has 0 fully saturated rings. The summed E-state index contributed by atoms with van der Waals surface area (Å²) in [5.74, 6) is 0. The van der Waals surface area contributed by atoms with Crippen molar-refractivity contribution in [3.8, 4) is 33.6 Å². The minimum absolute atomic E-state index is 1.12. The zero-order valence-electron chi connectivity index (χ0n) is 29.7. The van der Waals surface area contributed by atoms with Crippen molar-refractivity contribution in [2.45, 2.75) is 26.7 Å². The number of aryl methyl sites for hydroxylation is 1. The van der Waals surface area contributed by atoms with Gasteiger partial charge in [0.05, 0.1) is 22.1 Å². The van der Waals surface area contributed by atoms with E-state index in [0.29, 0.717) is 0 Å². The molecule has 3 aromatic heterocycles.